The van der Waals surface area contributed by atoms with E-state index in [1.54, 1.807) is 4.68 Å². The number of hydrogen-bond donors (Lipinski definition) is 2. The fourth-order valence-corrected chi connectivity index (χ4v) is 1.54. The number of anilines is 1. The maximum absolute atomic E-state index is 11.7. The number of aromatic nitrogens is 6. The maximum Gasteiger partial charge on any atom is 0.232 e. The first-order chi connectivity index (χ1) is 8.08. The van der Waals surface area contributed by atoms with Crippen molar-refractivity contribution in [1.29, 1.82) is 0 Å². The predicted octanol–water partition coefficient (Wildman–Crippen LogP) is -0.269. The van der Waals surface area contributed by atoms with Crippen LogP contribution in [-0.4, -0.2) is 36.3 Å². The first-order valence-corrected chi connectivity index (χ1v) is 5.10. The van der Waals surface area contributed by atoms with Gasteiger partial charge in [0.05, 0.1) is 23.5 Å². The highest BCUT2D eigenvalue weighted by molar-refractivity contribution is 5.92. The zero-order valence-electron chi connectivity index (χ0n) is 9.85. The van der Waals surface area contributed by atoms with E-state index in [1.807, 2.05) is 20.9 Å². The molecule has 1 amide bonds. The summed E-state index contributed by atoms with van der Waals surface area (Å²) >= 11 is 0. The Labute approximate surface area is 97.4 Å². The van der Waals surface area contributed by atoms with Crippen molar-refractivity contribution in [3.63, 3.8) is 0 Å². The van der Waals surface area contributed by atoms with Gasteiger partial charge in [-0.25, -0.2) is 0 Å². The molecule has 2 aromatic heterocycles. The molecule has 0 aliphatic heterocycles. The van der Waals surface area contributed by atoms with Crippen molar-refractivity contribution in [2.75, 3.05) is 5.32 Å². The molecule has 2 N–H and O–H groups in total. The molecule has 0 atom stereocenters. The van der Waals surface area contributed by atoms with E-state index in [2.05, 4.69) is 31.0 Å². The average molecular weight is 235 g/mol. The number of nitrogens with one attached hydrogen (secondary N) is 2. The summed E-state index contributed by atoms with van der Waals surface area (Å²) in [4.78, 5) is 11.7. The van der Waals surface area contributed by atoms with E-state index in [-0.39, 0.29) is 12.3 Å². The van der Waals surface area contributed by atoms with Gasteiger partial charge in [-0.1, -0.05) is 5.21 Å². The van der Waals surface area contributed by atoms with Gasteiger partial charge in [-0.3, -0.25) is 9.48 Å². The number of aryl methyl sites for hydroxylation is 2. The quantitative estimate of drug-likeness (QED) is 0.762. The number of amides is 1. The zero-order valence-corrected chi connectivity index (χ0v) is 9.85. The number of carbonyl (C=O) groups is 1. The number of carbonyl (C=O) groups excluding carboxylic acids is 1. The Hall–Kier alpha value is -2.25. The van der Waals surface area contributed by atoms with Crippen LogP contribution in [0.2, 0.25) is 0 Å². The maximum atomic E-state index is 11.7. The number of aromatic amines is 1. The number of rotatable bonds is 3. The molecule has 0 aliphatic carbocycles. The molecule has 0 saturated carbocycles. The van der Waals surface area contributed by atoms with Gasteiger partial charge >= 0.3 is 0 Å². The zero-order chi connectivity index (χ0) is 12.4. The van der Waals surface area contributed by atoms with E-state index in [0.29, 0.717) is 5.82 Å². The van der Waals surface area contributed by atoms with Crippen molar-refractivity contribution < 1.29 is 4.79 Å². The number of tetrazole rings is 1. The monoisotopic (exact) mass is 235 g/mol. The highest BCUT2D eigenvalue weighted by Crippen LogP contribution is 2.18. The van der Waals surface area contributed by atoms with Crippen LogP contribution in [-0.2, 0) is 18.3 Å². The Morgan fingerprint density at radius 1 is 1.47 bits per heavy atom. The summed E-state index contributed by atoms with van der Waals surface area (Å²) in [5.74, 6) is 0.173. The van der Waals surface area contributed by atoms with Crippen molar-refractivity contribution in [2.24, 2.45) is 7.05 Å². The van der Waals surface area contributed by atoms with Crippen molar-refractivity contribution >= 4 is 11.6 Å². The third-order valence-electron chi connectivity index (χ3n) is 2.48. The molecule has 0 unspecified atom stereocenters. The molecule has 0 fully saturated rings. The molecule has 2 heterocycles. The van der Waals surface area contributed by atoms with E-state index in [4.69, 9.17) is 0 Å². The lowest BCUT2D eigenvalue weighted by Crippen LogP contribution is -2.16. The van der Waals surface area contributed by atoms with E-state index in [1.165, 1.54) is 0 Å². The molecular weight excluding hydrogens is 222 g/mol. The van der Waals surface area contributed by atoms with Crippen LogP contribution >= 0.6 is 0 Å². The lowest BCUT2D eigenvalue weighted by atomic mass is 10.3. The number of H-pyrrole nitrogens is 1. The Balaban J connectivity index is 2.08. The molecular formula is C9H13N7O. The number of nitrogens with zero attached hydrogens (tertiary/aromatic N) is 5. The molecule has 0 aromatic carbocycles. The standard InChI is InChI=1S/C9H13N7O/c1-5-9(6(2)16(3)13-5)10-8(17)4-7-11-14-15-12-7/h4H2,1-3H3,(H,10,17)(H,11,12,14,15). The summed E-state index contributed by atoms with van der Waals surface area (Å²) in [6.07, 6.45) is 0.0876. The second-order valence-electron chi connectivity index (χ2n) is 3.72. The molecule has 8 heteroatoms. The molecule has 0 saturated heterocycles. The Morgan fingerprint density at radius 2 is 2.24 bits per heavy atom. The van der Waals surface area contributed by atoms with Crippen molar-refractivity contribution in [2.45, 2.75) is 20.3 Å². The van der Waals surface area contributed by atoms with Crippen LogP contribution in [0, 0.1) is 13.8 Å². The molecule has 17 heavy (non-hydrogen) atoms. The van der Waals surface area contributed by atoms with Crippen molar-refractivity contribution in [3.05, 3.63) is 17.2 Å². The second kappa shape index (κ2) is 4.32. The fourth-order valence-electron chi connectivity index (χ4n) is 1.54. The van der Waals surface area contributed by atoms with Gasteiger partial charge in [-0.15, -0.1) is 10.2 Å². The fraction of sp³-hybridized carbons (Fsp3) is 0.444. The summed E-state index contributed by atoms with van der Waals surface area (Å²) in [6, 6.07) is 0. The van der Waals surface area contributed by atoms with Crippen LogP contribution in [0.1, 0.15) is 17.2 Å². The lowest BCUT2D eigenvalue weighted by Gasteiger charge is -2.03. The minimum atomic E-state index is -0.189. The van der Waals surface area contributed by atoms with Gasteiger partial charge in [-0.2, -0.15) is 10.3 Å². The van der Waals surface area contributed by atoms with Crippen LogP contribution in [0.3, 0.4) is 0 Å². The summed E-state index contributed by atoms with van der Waals surface area (Å²) in [7, 11) is 1.83. The van der Waals surface area contributed by atoms with Gasteiger partial charge in [0.25, 0.3) is 0 Å². The van der Waals surface area contributed by atoms with Gasteiger partial charge in [0.1, 0.15) is 0 Å². The van der Waals surface area contributed by atoms with E-state index < -0.39 is 0 Å². The summed E-state index contributed by atoms with van der Waals surface area (Å²) in [6.45, 7) is 3.74. The molecule has 2 rings (SSSR count). The third-order valence-corrected chi connectivity index (χ3v) is 2.48. The highest BCUT2D eigenvalue weighted by atomic mass is 16.1. The van der Waals surface area contributed by atoms with Crippen LogP contribution in [0.15, 0.2) is 0 Å². The predicted molar refractivity (Wildman–Crippen MR) is 59.2 cm³/mol. The summed E-state index contributed by atoms with van der Waals surface area (Å²) in [5, 5.41) is 20.1. The third kappa shape index (κ3) is 2.30. The molecule has 2 aromatic rings. The second-order valence-corrected chi connectivity index (χ2v) is 3.72. The average Bonchev–Trinajstić information content (AvgIpc) is 2.83. The van der Waals surface area contributed by atoms with Crippen LogP contribution in [0.5, 0.6) is 0 Å². The molecule has 0 spiro atoms. The largest absolute Gasteiger partial charge is 0.323 e. The van der Waals surface area contributed by atoms with Crippen LogP contribution in [0.25, 0.3) is 0 Å². The Morgan fingerprint density at radius 3 is 2.76 bits per heavy atom. The molecule has 0 bridgehead atoms. The Bertz CT molecular complexity index is 528. The van der Waals surface area contributed by atoms with Gasteiger partial charge in [0, 0.05) is 7.05 Å². The smallest absolute Gasteiger partial charge is 0.232 e. The van der Waals surface area contributed by atoms with Gasteiger partial charge in [0.15, 0.2) is 5.82 Å². The normalized spacial score (nSPS) is 10.5. The minimum absolute atomic E-state index is 0.0876. The molecule has 0 aliphatic rings. The SMILES string of the molecule is Cc1nn(C)c(C)c1NC(=O)Cc1nn[nH]n1. The first kappa shape index (κ1) is 11.2. The Kier molecular flexibility index (Phi) is 2.86. The van der Waals surface area contributed by atoms with Gasteiger partial charge < -0.3 is 5.32 Å². The number of hydrogen-bond acceptors (Lipinski definition) is 5. The molecule has 8 nitrogen and oxygen atoms in total. The topological polar surface area (TPSA) is 101 Å². The summed E-state index contributed by atoms with van der Waals surface area (Å²) < 4.78 is 1.72. The van der Waals surface area contributed by atoms with E-state index in [9.17, 15) is 4.79 Å². The van der Waals surface area contributed by atoms with E-state index >= 15 is 0 Å². The van der Waals surface area contributed by atoms with Crippen molar-refractivity contribution in [3.8, 4) is 0 Å². The molecule has 0 radical (unpaired) electrons. The molecule has 90 valence electrons. The van der Waals surface area contributed by atoms with Crippen LogP contribution < -0.4 is 5.32 Å². The first-order valence-electron chi connectivity index (χ1n) is 5.10. The van der Waals surface area contributed by atoms with E-state index in [0.717, 1.165) is 17.1 Å². The van der Waals surface area contributed by atoms with Gasteiger partial charge in [-0.05, 0) is 13.8 Å². The lowest BCUT2D eigenvalue weighted by molar-refractivity contribution is -0.115. The van der Waals surface area contributed by atoms with Crippen LogP contribution in [0.4, 0.5) is 5.69 Å². The summed E-state index contributed by atoms with van der Waals surface area (Å²) in [5.41, 5.74) is 2.43. The minimum Gasteiger partial charge on any atom is -0.323 e. The van der Waals surface area contributed by atoms with Crippen molar-refractivity contribution in [1.82, 2.24) is 30.4 Å². The highest BCUT2D eigenvalue weighted by Gasteiger charge is 2.13. The van der Waals surface area contributed by atoms with Gasteiger partial charge in [0.2, 0.25) is 5.91 Å².